The second kappa shape index (κ2) is 10.1. The van der Waals surface area contributed by atoms with Gasteiger partial charge in [0.25, 0.3) is 0 Å². The van der Waals surface area contributed by atoms with Gasteiger partial charge in [-0.2, -0.15) is 0 Å². The molecule has 5 rings (SSSR count). The maximum atomic E-state index is 12.7. The molecule has 3 aliphatic rings. The third-order valence-electron chi connectivity index (χ3n) is 7.52. The van der Waals surface area contributed by atoms with Gasteiger partial charge in [0.2, 0.25) is 5.91 Å². The molecule has 35 heavy (non-hydrogen) atoms. The molecule has 0 aliphatic heterocycles. The monoisotopic (exact) mass is 476 g/mol. The topological polar surface area (TPSA) is 95.9 Å². The van der Waals surface area contributed by atoms with Crippen LogP contribution in [0.25, 0.3) is 11.1 Å². The number of alkyl carbamates (subject to hydrolysis) is 1. The standard InChI is InChI=1S/C28H32N2O5/c31-26(30(16-27(32)33)15-18-9-10-18)14-19-11-12-20(13-19)29-28(34)35-17-25-23-7-3-1-5-21(23)22-6-2-4-8-24(22)25/h1-8,18-20,25H,9-17H2,(H,29,34)(H,32,33)/t19-,20+/m1/s1. The van der Waals surface area contributed by atoms with Crippen molar-refractivity contribution < 1.29 is 24.2 Å². The molecule has 0 spiro atoms. The Labute approximate surface area is 205 Å². The number of hydrogen-bond donors (Lipinski definition) is 2. The van der Waals surface area contributed by atoms with E-state index in [1.807, 2.05) is 24.3 Å². The molecule has 0 aromatic heterocycles. The Morgan fingerprint density at radius 2 is 1.54 bits per heavy atom. The zero-order valence-electron chi connectivity index (χ0n) is 19.8. The minimum Gasteiger partial charge on any atom is -0.480 e. The van der Waals surface area contributed by atoms with Gasteiger partial charge in [-0.1, -0.05) is 48.5 Å². The molecule has 0 bridgehead atoms. The van der Waals surface area contributed by atoms with Crippen LogP contribution in [-0.2, 0) is 14.3 Å². The van der Waals surface area contributed by atoms with Crippen molar-refractivity contribution in [1.82, 2.24) is 10.2 Å². The first-order chi connectivity index (χ1) is 17.0. The number of amides is 2. The van der Waals surface area contributed by atoms with E-state index in [1.54, 1.807) is 0 Å². The van der Waals surface area contributed by atoms with Crippen LogP contribution in [0, 0.1) is 11.8 Å². The first kappa shape index (κ1) is 23.4. The van der Waals surface area contributed by atoms with Gasteiger partial charge in [-0.3, -0.25) is 9.59 Å². The van der Waals surface area contributed by atoms with Crippen molar-refractivity contribution >= 4 is 18.0 Å². The highest BCUT2D eigenvalue weighted by Gasteiger charge is 2.33. The van der Waals surface area contributed by atoms with E-state index in [0.29, 0.717) is 25.3 Å². The first-order valence-electron chi connectivity index (χ1n) is 12.6. The van der Waals surface area contributed by atoms with Gasteiger partial charge in [0, 0.05) is 24.9 Å². The number of benzene rings is 2. The van der Waals surface area contributed by atoms with Crippen LogP contribution in [-0.4, -0.2) is 53.7 Å². The highest BCUT2D eigenvalue weighted by molar-refractivity contribution is 5.81. The van der Waals surface area contributed by atoms with Crippen LogP contribution in [0.3, 0.4) is 0 Å². The Bertz CT molecular complexity index is 1070. The molecule has 2 amide bonds. The van der Waals surface area contributed by atoms with Crippen LogP contribution in [0.1, 0.15) is 55.6 Å². The van der Waals surface area contributed by atoms with Crippen molar-refractivity contribution in [2.75, 3.05) is 19.7 Å². The van der Waals surface area contributed by atoms with E-state index in [9.17, 15) is 14.4 Å². The molecule has 184 valence electrons. The summed E-state index contributed by atoms with van der Waals surface area (Å²) in [6.07, 6.45) is 4.39. The lowest BCUT2D eigenvalue weighted by Gasteiger charge is -2.22. The van der Waals surface area contributed by atoms with E-state index in [2.05, 4.69) is 29.6 Å². The van der Waals surface area contributed by atoms with E-state index in [0.717, 1.165) is 25.7 Å². The number of carboxylic acids is 1. The highest BCUT2D eigenvalue weighted by atomic mass is 16.5. The summed E-state index contributed by atoms with van der Waals surface area (Å²) in [6.45, 7) is 0.586. The largest absolute Gasteiger partial charge is 0.480 e. The predicted octanol–water partition coefficient (Wildman–Crippen LogP) is 4.41. The predicted molar refractivity (Wildman–Crippen MR) is 131 cm³/mol. The quantitative estimate of drug-likeness (QED) is 0.559. The summed E-state index contributed by atoms with van der Waals surface area (Å²) in [7, 11) is 0. The summed E-state index contributed by atoms with van der Waals surface area (Å²) in [5.41, 5.74) is 4.74. The Hall–Kier alpha value is -3.35. The van der Waals surface area contributed by atoms with Crippen molar-refractivity contribution in [2.24, 2.45) is 11.8 Å². The Balaban J connectivity index is 1.11. The molecule has 2 aromatic rings. The molecule has 3 aliphatic carbocycles. The molecule has 2 aromatic carbocycles. The van der Waals surface area contributed by atoms with Crippen molar-refractivity contribution in [3.63, 3.8) is 0 Å². The summed E-state index contributed by atoms with van der Waals surface area (Å²) in [5.74, 6) is -0.443. The number of aliphatic carboxylic acids is 1. The van der Waals surface area contributed by atoms with E-state index < -0.39 is 12.1 Å². The molecule has 7 heteroatoms. The van der Waals surface area contributed by atoms with E-state index in [4.69, 9.17) is 9.84 Å². The number of carboxylic acid groups (broad SMARTS) is 1. The average molecular weight is 477 g/mol. The van der Waals surface area contributed by atoms with E-state index >= 15 is 0 Å². The fourth-order valence-electron chi connectivity index (χ4n) is 5.60. The summed E-state index contributed by atoms with van der Waals surface area (Å²) in [6, 6.07) is 16.5. The van der Waals surface area contributed by atoms with Crippen molar-refractivity contribution in [1.29, 1.82) is 0 Å². The molecule has 0 radical (unpaired) electrons. The lowest BCUT2D eigenvalue weighted by molar-refractivity contribution is -0.145. The minimum atomic E-state index is -0.972. The van der Waals surface area contributed by atoms with Gasteiger partial charge in [0.05, 0.1) is 0 Å². The number of carbonyl (C=O) groups excluding carboxylic acids is 2. The zero-order valence-corrected chi connectivity index (χ0v) is 19.8. The molecule has 2 saturated carbocycles. The van der Waals surface area contributed by atoms with Crippen molar-refractivity contribution in [2.45, 2.75) is 50.5 Å². The van der Waals surface area contributed by atoms with Crippen molar-refractivity contribution in [3.8, 4) is 11.1 Å². The van der Waals surface area contributed by atoms with Crippen LogP contribution < -0.4 is 5.32 Å². The van der Waals surface area contributed by atoms with Gasteiger partial charge < -0.3 is 20.1 Å². The van der Waals surface area contributed by atoms with Crippen LogP contribution in [0.4, 0.5) is 4.79 Å². The fraction of sp³-hybridized carbons (Fsp3) is 0.464. The molecule has 2 N–H and O–H groups in total. The lowest BCUT2D eigenvalue weighted by Crippen LogP contribution is -2.38. The normalized spacial score (nSPS) is 20.7. The Morgan fingerprint density at radius 3 is 2.17 bits per heavy atom. The molecular formula is C28H32N2O5. The van der Waals surface area contributed by atoms with Gasteiger partial charge in [0.1, 0.15) is 13.2 Å². The van der Waals surface area contributed by atoms with Gasteiger partial charge in [-0.15, -0.1) is 0 Å². The molecule has 0 saturated heterocycles. The van der Waals surface area contributed by atoms with Crippen LogP contribution in [0.15, 0.2) is 48.5 Å². The van der Waals surface area contributed by atoms with Gasteiger partial charge in [-0.25, -0.2) is 4.79 Å². The van der Waals surface area contributed by atoms with E-state index in [1.165, 1.54) is 27.2 Å². The van der Waals surface area contributed by atoms with Gasteiger partial charge >= 0.3 is 12.1 Å². The maximum Gasteiger partial charge on any atom is 0.407 e. The SMILES string of the molecule is O=C(O)CN(CC1CC1)C(=O)C[C@@H]1CC[C@H](NC(=O)OCC2c3ccccc3-c3ccccc32)C1. The summed E-state index contributed by atoms with van der Waals surface area (Å²) >= 11 is 0. The third kappa shape index (κ3) is 5.50. The molecular weight excluding hydrogens is 444 g/mol. The smallest absolute Gasteiger partial charge is 0.407 e. The molecule has 2 atom stereocenters. The number of nitrogens with one attached hydrogen (secondary N) is 1. The number of ether oxygens (including phenoxy) is 1. The zero-order chi connectivity index (χ0) is 24.4. The van der Waals surface area contributed by atoms with Crippen molar-refractivity contribution in [3.05, 3.63) is 59.7 Å². The highest BCUT2D eigenvalue weighted by Crippen LogP contribution is 2.44. The molecule has 2 fully saturated rings. The number of fused-ring (bicyclic) bond motifs is 3. The summed E-state index contributed by atoms with van der Waals surface area (Å²) in [5, 5.41) is 12.1. The Morgan fingerprint density at radius 1 is 0.914 bits per heavy atom. The molecule has 0 unspecified atom stereocenters. The van der Waals surface area contributed by atoms with Crippen LogP contribution >= 0.6 is 0 Å². The number of hydrogen-bond acceptors (Lipinski definition) is 4. The summed E-state index contributed by atoms with van der Waals surface area (Å²) < 4.78 is 5.66. The fourth-order valence-corrected chi connectivity index (χ4v) is 5.60. The summed E-state index contributed by atoms with van der Waals surface area (Å²) in [4.78, 5) is 38.0. The number of nitrogens with zero attached hydrogens (tertiary/aromatic N) is 1. The van der Waals surface area contributed by atoms with Crippen LogP contribution in [0.2, 0.25) is 0 Å². The average Bonchev–Trinajstić information content (AvgIpc) is 3.46. The molecule has 7 nitrogen and oxygen atoms in total. The van der Waals surface area contributed by atoms with Gasteiger partial charge in [-0.05, 0) is 66.2 Å². The minimum absolute atomic E-state index is 0.0220. The number of rotatable bonds is 9. The molecule has 0 heterocycles. The second-order valence-corrected chi connectivity index (χ2v) is 10.2. The lowest BCUT2D eigenvalue weighted by atomic mass is 9.98. The maximum absolute atomic E-state index is 12.7. The van der Waals surface area contributed by atoms with E-state index in [-0.39, 0.29) is 36.9 Å². The van der Waals surface area contributed by atoms with Crippen LogP contribution in [0.5, 0.6) is 0 Å². The third-order valence-corrected chi connectivity index (χ3v) is 7.52. The van der Waals surface area contributed by atoms with Gasteiger partial charge in [0.15, 0.2) is 0 Å². The first-order valence-corrected chi connectivity index (χ1v) is 12.6. The number of carbonyl (C=O) groups is 3. The second-order valence-electron chi connectivity index (χ2n) is 10.2. The Kier molecular flexibility index (Phi) is 6.75.